The summed E-state index contributed by atoms with van der Waals surface area (Å²) < 4.78 is 10.2. The number of hydrogen-bond donors (Lipinski definition) is 1. The first kappa shape index (κ1) is 18.3. The van der Waals surface area contributed by atoms with Gasteiger partial charge in [-0.3, -0.25) is 9.59 Å². The van der Waals surface area contributed by atoms with Gasteiger partial charge in [-0.05, 0) is 30.5 Å². The zero-order valence-electron chi connectivity index (χ0n) is 13.1. The normalized spacial score (nSPS) is 10.4. The summed E-state index contributed by atoms with van der Waals surface area (Å²) in [6.07, 6.45) is 0.894. The van der Waals surface area contributed by atoms with Crippen molar-refractivity contribution in [1.29, 1.82) is 0 Å². The van der Waals surface area contributed by atoms with Gasteiger partial charge in [0, 0.05) is 17.9 Å². The molecule has 1 N–H and O–H groups in total. The van der Waals surface area contributed by atoms with E-state index in [2.05, 4.69) is 5.32 Å². The molecule has 0 aliphatic heterocycles. The van der Waals surface area contributed by atoms with Crippen LogP contribution in [0.25, 0.3) is 0 Å². The van der Waals surface area contributed by atoms with Crippen molar-refractivity contribution >= 4 is 29.2 Å². The third-order valence-electron chi connectivity index (χ3n) is 2.80. The second-order valence-corrected chi connectivity index (χ2v) is 5.76. The number of amides is 1. The fourth-order valence-corrected chi connectivity index (χ4v) is 1.89. The molecule has 0 saturated carbocycles. The summed E-state index contributed by atoms with van der Waals surface area (Å²) in [7, 11) is 1.52. The molecular weight excluding hydrogens is 306 g/mol. The Bertz CT molecular complexity index is 517. The van der Waals surface area contributed by atoms with Crippen LogP contribution in [-0.4, -0.2) is 25.6 Å². The van der Waals surface area contributed by atoms with E-state index in [-0.39, 0.29) is 24.7 Å². The molecule has 5 nitrogen and oxygen atoms in total. The lowest BCUT2D eigenvalue weighted by atomic mass is 10.2. The van der Waals surface area contributed by atoms with E-state index in [0.29, 0.717) is 35.4 Å². The smallest absolute Gasteiger partial charge is 0.305 e. The topological polar surface area (TPSA) is 64.6 Å². The molecule has 0 aliphatic rings. The van der Waals surface area contributed by atoms with Crippen molar-refractivity contribution < 1.29 is 19.1 Å². The number of methoxy groups -OCH3 is 1. The number of hydrogen-bond acceptors (Lipinski definition) is 4. The van der Waals surface area contributed by atoms with Crippen LogP contribution in [0.15, 0.2) is 18.2 Å². The van der Waals surface area contributed by atoms with Gasteiger partial charge in [-0.2, -0.15) is 0 Å². The minimum absolute atomic E-state index is 0.197. The number of carbonyl (C=O) groups excluding carboxylic acids is 2. The summed E-state index contributed by atoms with van der Waals surface area (Å²) in [5, 5.41) is 3.23. The first-order valence-corrected chi connectivity index (χ1v) is 7.59. The van der Waals surface area contributed by atoms with E-state index in [4.69, 9.17) is 21.1 Å². The minimum Gasteiger partial charge on any atom is -0.495 e. The second kappa shape index (κ2) is 9.30. The van der Waals surface area contributed by atoms with Crippen molar-refractivity contribution in [3.8, 4) is 5.75 Å². The standard InChI is InChI=1S/C16H22ClNO4/c1-11(2)10-22-16(20)6-4-5-15(19)18-13-9-12(17)7-8-14(13)21-3/h7-9,11H,4-6,10H2,1-3H3,(H,18,19). The summed E-state index contributed by atoms with van der Waals surface area (Å²) in [5.41, 5.74) is 0.516. The predicted molar refractivity (Wildman–Crippen MR) is 86.3 cm³/mol. The maximum absolute atomic E-state index is 11.9. The molecule has 0 spiro atoms. The molecule has 6 heteroatoms. The van der Waals surface area contributed by atoms with Crippen molar-refractivity contribution in [3.05, 3.63) is 23.2 Å². The predicted octanol–water partition coefficient (Wildman–Crippen LogP) is 3.66. The van der Waals surface area contributed by atoms with Gasteiger partial charge in [-0.15, -0.1) is 0 Å². The molecule has 0 radical (unpaired) electrons. The summed E-state index contributed by atoms with van der Waals surface area (Å²) >= 11 is 5.90. The van der Waals surface area contributed by atoms with E-state index < -0.39 is 0 Å². The van der Waals surface area contributed by atoms with Crippen LogP contribution in [0.4, 0.5) is 5.69 Å². The van der Waals surface area contributed by atoms with Gasteiger partial charge in [0.1, 0.15) is 5.75 Å². The third-order valence-corrected chi connectivity index (χ3v) is 3.03. The average Bonchev–Trinajstić information content (AvgIpc) is 2.45. The van der Waals surface area contributed by atoms with E-state index in [1.54, 1.807) is 18.2 Å². The number of anilines is 1. The third kappa shape index (κ3) is 6.80. The highest BCUT2D eigenvalue weighted by atomic mass is 35.5. The van der Waals surface area contributed by atoms with Crippen molar-refractivity contribution in [2.45, 2.75) is 33.1 Å². The molecule has 1 amide bonds. The fraction of sp³-hybridized carbons (Fsp3) is 0.500. The van der Waals surface area contributed by atoms with Gasteiger partial charge in [-0.1, -0.05) is 25.4 Å². The molecule has 0 bridgehead atoms. The molecule has 0 saturated heterocycles. The van der Waals surface area contributed by atoms with Crippen LogP contribution in [0.5, 0.6) is 5.75 Å². The maximum Gasteiger partial charge on any atom is 0.305 e. The van der Waals surface area contributed by atoms with Crippen molar-refractivity contribution in [2.24, 2.45) is 5.92 Å². The number of ether oxygens (including phenoxy) is 2. The summed E-state index contributed by atoms with van der Waals surface area (Å²) in [4.78, 5) is 23.3. The number of esters is 1. The molecular formula is C16H22ClNO4. The molecule has 0 fully saturated rings. The molecule has 0 heterocycles. The molecule has 0 atom stereocenters. The number of nitrogens with one attached hydrogen (secondary N) is 1. The Morgan fingerprint density at radius 3 is 2.64 bits per heavy atom. The minimum atomic E-state index is -0.276. The zero-order chi connectivity index (χ0) is 16.5. The van der Waals surface area contributed by atoms with E-state index in [1.165, 1.54) is 7.11 Å². The van der Waals surface area contributed by atoms with Crippen LogP contribution in [0.3, 0.4) is 0 Å². The quantitative estimate of drug-likeness (QED) is 0.740. The Hall–Kier alpha value is -1.75. The van der Waals surface area contributed by atoms with Gasteiger partial charge in [0.05, 0.1) is 19.4 Å². The van der Waals surface area contributed by atoms with Gasteiger partial charge in [0.25, 0.3) is 0 Å². The Morgan fingerprint density at radius 2 is 2.00 bits per heavy atom. The first-order chi connectivity index (χ1) is 10.4. The van der Waals surface area contributed by atoms with Gasteiger partial charge >= 0.3 is 5.97 Å². The molecule has 0 unspecified atom stereocenters. The molecule has 22 heavy (non-hydrogen) atoms. The number of halogens is 1. The number of benzene rings is 1. The van der Waals surface area contributed by atoms with E-state index in [9.17, 15) is 9.59 Å². The van der Waals surface area contributed by atoms with Crippen LogP contribution in [0.1, 0.15) is 33.1 Å². The zero-order valence-corrected chi connectivity index (χ0v) is 13.9. The Morgan fingerprint density at radius 1 is 1.27 bits per heavy atom. The molecule has 1 aromatic rings. The Balaban J connectivity index is 2.38. The summed E-state index contributed by atoms with van der Waals surface area (Å²) in [5.74, 6) is 0.371. The van der Waals surface area contributed by atoms with E-state index >= 15 is 0 Å². The van der Waals surface area contributed by atoms with Gasteiger partial charge < -0.3 is 14.8 Å². The van der Waals surface area contributed by atoms with Gasteiger partial charge in [0.15, 0.2) is 0 Å². The number of carbonyl (C=O) groups is 2. The van der Waals surface area contributed by atoms with Crippen molar-refractivity contribution in [1.82, 2.24) is 0 Å². The largest absolute Gasteiger partial charge is 0.495 e. The number of rotatable bonds is 8. The SMILES string of the molecule is COc1ccc(Cl)cc1NC(=O)CCCC(=O)OCC(C)C. The molecule has 0 aliphatic carbocycles. The Labute approximate surface area is 135 Å². The lowest BCUT2D eigenvalue weighted by Gasteiger charge is -2.10. The van der Waals surface area contributed by atoms with Crippen molar-refractivity contribution in [3.63, 3.8) is 0 Å². The van der Waals surface area contributed by atoms with Crippen LogP contribution in [0.2, 0.25) is 5.02 Å². The molecule has 1 rings (SSSR count). The molecule has 1 aromatic carbocycles. The lowest BCUT2D eigenvalue weighted by Crippen LogP contribution is -2.14. The fourth-order valence-electron chi connectivity index (χ4n) is 1.72. The van der Waals surface area contributed by atoms with Crippen LogP contribution in [0, 0.1) is 5.92 Å². The van der Waals surface area contributed by atoms with Crippen molar-refractivity contribution in [2.75, 3.05) is 19.0 Å². The Kier molecular flexibility index (Phi) is 7.74. The molecule has 122 valence electrons. The summed E-state index contributed by atoms with van der Waals surface area (Å²) in [6.45, 7) is 4.35. The van der Waals surface area contributed by atoms with Crippen LogP contribution >= 0.6 is 11.6 Å². The monoisotopic (exact) mass is 327 g/mol. The summed E-state index contributed by atoms with van der Waals surface area (Å²) in [6, 6.07) is 4.98. The van der Waals surface area contributed by atoms with E-state index in [1.807, 2.05) is 13.8 Å². The van der Waals surface area contributed by atoms with Gasteiger partial charge in [-0.25, -0.2) is 0 Å². The van der Waals surface area contributed by atoms with Crippen LogP contribution in [-0.2, 0) is 14.3 Å². The average molecular weight is 328 g/mol. The highest BCUT2D eigenvalue weighted by Gasteiger charge is 2.10. The first-order valence-electron chi connectivity index (χ1n) is 7.21. The second-order valence-electron chi connectivity index (χ2n) is 5.32. The lowest BCUT2D eigenvalue weighted by molar-refractivity contribution is -0.144. The van der Waals surface area contributed by atoms with E-state index in [0.717, 1.165) is 0 Å². The maximum atomic E-state index is 11.9. The molecule has 0 aromatic heterocycles. The van der Waals surface area contributed by atoms with Gasteiger partial charge in [0.2, 0.25) is 5.91 Å². The van der Waals surface area contributed by atoms with Crippen LogP contribution < -0.4 is 10.1 Å². The highest BCUT2D eigenvalue weighted by molar-refractivity contribution is 6.31. The highest BCUT2D eigenvalue weighted by Crippen LogP contribution is 2.27.